The summed E-state index contributed by atoms with van der Waals surface area (Å²) >= 11 is 6.00. The van der Waals surface area contributed by atoms with Crippen molar-refractivity contribution in [1.29, 1.82) is 5.26 Å². The van der Waals surface area contributed by atoms with E-state index in [-0.39, 0.29) is 22.1 Å². The van der Waals surface area contributed by atoms with Crippen molar-refractivity contribution in [3.63, 3.8) is 0 Å². The molecule has 0 saturated carbocycles. The average Bonchev–Trinajstić information content (AvgIpc) is 2.90. The number of hydrogen-bond donors (Lipinski definition) is 2. The van der Waals surface area contributed by atoms with Crippen LogP contribution in [0, 0.1) is 18.3 Å². The van der Waals surface area contributed by atoms with Crippen LogP contribution in [0.5, 0.6) is 0 Å². The Labute approximate surface area is 111 Å². The third kappa shape index (κ3) is 2.57. The van der Waals surface area contributed by atoms with Gasteiger partial charge >= 0.3 is 6.61 Å². The lowest BCUT2D eigenvalue weighted by Crippen LogP contribution is -1.99. The number of nitriles is 1. The second-order valence-corrected chi connectivity index (χ2v) is 4.00. The Morgan fingerprint density at radius 2 is 2.05 bits per heavy atom. The van der Waals surface area contributed by atoms with Gasteiger partial charge in [-0.05, 0) is 6.92 Å². The molecule has 2 aromatic heterocycles. The minimum absolute atomic E-state index is 0.101. The van der Waals surface area contributed by atoms with Crippen LogP contribution in [0.4, 0.5) is 8.78 Å². The largest absolute Gasteiger partial charge is 0.345 e. The number of nitrogens with one attached hydrogen (secondary N) is 2. The van der Waals surface area contributed by atoms with E-state index in [1.807, 2.05) is 6.07 Å². The van der Waals surface area contributed by atoms with Gasteiger partial charge in [0, 0.05) is 0 Å². The molecule has 0 unspecified atom stereocenters. The van der Waals surface area contributed by atoms with Crippen LogP contribution in [0.25, 0.3) is 11.4 Å². The second-order valence-electron chi connectivity index (χ2n) is 3.62. The van der Waals surface area contributed by atoms with E-state index in [2.05, 4.69) is 25.1 Å². The molecule has 0 aromatic carbocycles. The maximum atomic E-state index is 11.9. The summed E-state index contributed by atoms with van der Waals surface area (Å²) in [5.74, 6) is 0. The Balaban J connectivity index is 2.34. The van der Waals surface area contributed by atoms with E-state index in [0.29, 0.717) is 11.3 Å². The van der Waals surface area contributed by atoms with E-state index in [4.69, 9.17) is 16.9 Å². The van der Waals surface area contributed by atoms with E-state index in [0.717, 1.165) is 0 Å². The summed E-state index contributed by atoms with van der Waals surface area (Å²) in [6.07, 6.45) is 0. The van der Waals surface area contributed by atoms with E-state index in [1.165, 1.54) is 0 Å². The Kier molecular flexibility index (Phi) is 3.78. The van der Waals surface area contributed by atoms with Crippen LogP contribution in [0.2, 0.25) is 5.02 Å². The minimum Gasteiger partial charge on any atom is -0.316 e. The summed E-state index contributed by atoms with van der Waals surface area (Å²) in [7, 11) is 0. The van der Waals surface area contributed by atoms with Gasteiger partial charge in [-0.1, -0.05) is 11.6 Å². The highest BCUT2D eigenvalue weighted by Gasteiger charge is 2.20. The molecule has 2 N–H and O–H groups in total. The molecule has 2 aromatic rings. The molecule has 0 amide bonds. The van der Waals surface area contributed by atoms with Crippen molar-refractivity contribution < 1.29 is 13.5 Å². The highest BCUT2D eigenvalue weighted by molar-refractivity contribution is 6.33. The predicted octanol–water partition coefficient (Wildman–Crippen LogP) is 2.37. The first-order valence-electron chi connectivity index (χ1n) is 5.12. The first kappa shape index (κ1) is 13.5. The summed E-state index contributed by atoms with van der Waals surface area (Å²) < 4.78 is 28.0. The second kappa shape index (κ2) is 5.34. The van der Waals surface area contributed by atoms with Crippen LogP contribution in [-0.4, -0.2) is 27.0 Å². The lowest BCUT2D eigenvalue weighted by atomic mass is 10.1. The molecular weight excluding hydrogens is 280 g/mol. The van der Waals surface area contributed by atoms with Crippen LogP contribution in [0.15, 0.2) is 0 Å². The number of alkyl halides is 2. The van der Waals surface area contributed by atoms with E-state index in [9.17, 15) is 8.78 Å². The maximum Gasteiger partial charge on any atom is 0.345 e. The van der Waals surface area contributed by atoms with Crippen molar-refractivity contribution in [2.45, 2.75) is 20.1 Å². The van der Waals surface area contributed by atoms with Gasteiger partial charge in [0.05, 0.1) is 23.0 Å². The molecule has 0 radical (unpaired) electrons. The number of nitrogens with zero attached hydrogens (tertiary/aromatic N) is 3. The molecule has 0 spiro atoms. The Hall–Kier alpha value is -1.98. The highest BCUT2D eigenvalue weighted by atomic mass is 35.5. The SMILES string of the molecule is Cc1[nH]nc(-c2n[nH]c(COC(F)F)c2Cl)c1C#N. The fourth-order valence-electron chi connectivity index (χ4n) is 1.50. The lowest BCUT2D eigenvalue weighted by Gasteiger charge is -2.00. The molecule has 100 valence electrons. The monoisotopic (exact) mass is 287 g/mol. The number of ether oxygens (including phenoxy) is 1. The van der Waals surface area contributed by atoms with Crippen LogP contribution < -0.4 is 0 Å². The molecule has 0 fully saturated rings. The Morgan fingerprint density at radius 3 is 2.68 bits per heavy atom. The zero-order valence-corrected chi connectivity index (χ0v) is 10.4. The molecule has 0 saturated heterocycles. The number of halogens is 3. The van der Waals surface area contributed by atoms with Gasteiger partial charge < -0.3 is 4.74 Å². The lowest BCUT2D eigenvalue weighted by molar-refractivity contribution is -0.137. The van der Waals surface area contributed by atoms with Gasteiger partial charge in [0.2, 0.25) is 0 Å². The molecule has 2 heterocycles. The van der Waals surface area contributed by atoms with Gasteiger partial charge in [-0.3, -0.25) is 10.2 Å². The zero-order valence-electron chi connectivity index (χ0n) is 9.67. The maximum absolute atomic E-state index is 11.9. The smallest absolute Gasteiger partial charge is 0.316 e. The van der Waals surface area contributed by atoms with E-state index in [1.54, 1.807) is 6.92 Å². The van der Waals surface area contributed by atoms with Gasteiger partial charge in [-0.25, -0.2) is 0 Å². The van der Waals surface area contributed by atoms with Crippen molar-refractivity contribution in [2.24, 2.45) is 0 Å². The highest BCUT2D eigenvalue weighted by Crippen LogP contribution is 2.30. The number of H-pyrrole nitrogens is 2. The Morgan fingerprint density at radius 1 is 1.37 bits per heavy atom. The molecule has 0 atom stereocenters. The first-order chi connectivity index (χ1) is 9.04. The number of hydrogen-bond acceptors (Lipinski definition) is 4. The number of aromatic amines is 2. The molecule has 0 bridgehead atoms. The van der Waals surface area contributed by atoms with Gasteiger partial charge in [0.15, 0.2) is 0 Å². The minimum atomic E-state index is -2.90. The average molecular weight is 288 g/mol. The summed E-state index contributed by atoms with van der Waals surface area (Å²) in [6.45, 7) is -1.63. The molecule has 2 rings (SSSR count). The van der Waals surface area contributed by atoms with E-state index < -0.39 is 13.2 Å². The van der Waals surface area contributed by atoms with Crippen LogP contribution in [0.1, 0.15) is 17.0 Å². The number of aromatic nitrogens is 4. The molecule has 0 aliphatic heterocycles. The molecule has 0 aliphatic carbocycles. The fourth-order valence-corrected chi connectivity index (χ4v) is 1.73. The Bertz CT molecular complexity index is 630. The van der Waals surface area contributed by atoms with Crippen LogP contribution >= 0.6 is 11.6 Å². The van der Waals surface area contributed by atoms with E-state index >= 15 is 0 Å². The molecule has 0 aliphatic rings. The van der Waals surface area contributed by atoms with Gasteiger partial charge in [0.1, 0.15) is 23.0 Å². The fraction of sp³-hybridized carbons (Fsp3) is 0.300. The predicted molar refractivity (Wildman–Crippen MR) is 61.4 cm³/mol. The van der Waals surface area contributed by atoms with Gasteiger partial charge in [-0.2, -0.15) is 24.2 Å². The molecule has 6 nitrogen and oxygen atoms in total. The van der Waals surface area contributed by atoms with Crippen molar-refractivity contribution in [1.82, 2.24) is 20.4 Å². The third-order valence-corrected chi connectivity index (χ3v) is 2.82. The van der Waals surface area contributed by atoms with Crippen molar-refractivity contribution in [2.75, 3.05) is 0 Å². The van der Waals surface area contributed by atoms with Gasteiger partial charge in [-0.15, -0.1) is 0 Å². The summed E-state index contributed by atoms with van der Waals surface area (Å²) in [4.78, 5) is 0. The summed E-state index contributed by atoms with van der Waals surface area (Å²) in [5.41, 5.74) is 1.55. The van der Waals surface area contributed by atoms with Crippen LogP contribution in [-0.2, 0) is 11.3 Å². The van der Waals surface area contributed by atoms with Crippen molar-refractivity contribution >= 4 is 11.6 Å². The van der Waals surface area contributed by atoms with Crippen molar-refractivity contribution in [3.8, 4) is 17.5 Å². The molecule has 19 heavy (non-hydrogen) atoms. The van der Waals surface area contributed by atoms with Gasteiger partial charge in [0.25, 0.3) is 0 Å². The first-order valence-corrected chi connectivity index (χ1v) is 5.50. The third-order valence-electron chi connectivity index (χ3n) is 2.41. The number of aryl methyl sites for hydroxylation is 1. The topological polar surface area (TPSA) is 90.4 Å². The number of rotatable bonds is 4. The normalized spacial score (nSPS) is 10.9. The summed E-state index contributed by atoms with van der Waals surface area (Å²) in [5, 5.41) is 22.0. The molecule has 9 heteroatoms. The van der Waals surface area contributed by atoms with Crippen LogP contribution in [0.3, 0.4) is 0 Å². The molecular formula is C10H8ClF2N5O. The van der Waals surface area contributed by atoms with Crippen molar-refractivity contribution in [3.05, 3.63) is 22.0 Å². The zero-order chi connectivity index (χ0) is 14.0. The standard InChI is InChI=1S/C10H8ClF2N5O/c1-4-5(2-14)8(17-15-4)9-7(11)6(16-18-9)3-19-10(12)13/h10H,3H2,1H3,(H,15,17)(H,16,18). The summed E-state index contributed by atoms with van der Waals surface area (Å²) in [6, 6.07) is 1.97. The quantitative estimate of drug-likeness (QED) is 0.903.